The summed E-state index contributed by atoms with van der Waals surface area (Å²) in [4.78, 5) is 27.0. The normalized spacial score (nSPS) is 10.5. The highest BCUT2D eigenvalue weighted by Crippen LogP contribution is 2.35. The van der Waals surface area contributed by atoms with Crippen molar-refractivity contribution in [1.29, 1.82) is 0 Å². The van der Waals surface area contributed by atoms with Crippen LogP contribution in [0.3, 0.4) is 0 Å². The highest BCUT2D eigenvalue weighted by atomic mass is 16.5. The quantitative estimate of drug-likeness (QED) is 0.316. The number of aromatic nitrogens is 1. The van der Waals surface area contributed by atoms with Crippen LogP contribution in [0, 0.1) is 0 Å². The highest BCUT2D eigenvalue weighted by molar-refractivity contribution is 6.02. The van der Waals surface area contributed by atoms with Crippen LogP contribution in [-0.4, -0.2) is 29.2 Å². The number of hydrogen-bond donors (Lipinski definition) is 4. The van der Waals surface area contributed by atoms with Crippen molar-refractivity contribution in [1.82, 2.24) is 4.98 Å². The number of fused-ring (bicyclic) bond motifs is 1. The summed E-state index contributed by atoms with van der Waals surface area (Å²) in [6, 6.07) is 18.9. The van der Waals surface area contributed by atoms with Gasteiger partial charge in [0.15, 0.2) is 0 Å². The van der Waals surface area contributed by atoms with Crippen LogP contribution < -0.4 is 25.8 Å². The van der Waals surface area contributed by atoms with Gasteiger partial charge in [-0.25, -0.2) is 9.78 Å². The van der Waals surface area contributed by atoms with Crippen molar-refractivity contribution in [2.24, 2.45) is 5.73 Å². The van der Waals surface area contributed by atoms with E-state index in [2.05, 4.69) is 15.6 Å². The van der Waals surface area contributed by atoms with Crippen LogP contribution in [0.1, 0.15) is 10.4 Å². The summed E-state index contributed by atoms with van der Waals surface area (Å²) in [6.45, 7) is 0. The number of ether oxygens (including phenoxy) is 2. The molecule has 0 atom stereocenters. The molecule has 0 aliphatic heterocycles. The maximum absolute atomic E-state index is 11.6. The number of carboxylic acid groups (broad SMARTS) is 1. The van der Waals surface area contributed by atoms with Gasteiger partial charge in [0.05, 0.1) is 12.8 Å². The maximum Gasteiger partial charge on any atom is 0.409 e. The Morgan fingerprint density at radius 3 is 2.48 bits per heavy atom. The van der Waals surface area contributed by atoms with Crippen molar-refractivity contribution < 1.29 is 24.2 Å². The number of hydrogen-bond acceptors (Lipinski definition) is 6. The molecule has 0 aliphatic carbocycles. The van der Waals surface area contributed by atoms with E-state index in [-0.39, 0.29) is 0 Å². The zero-order chi connectivity index (χ0) is 23.4. The topological polar surface area (TPSA) is 136 Å². The number of nitrogens with zero attached hydrogens (tertiary/aromatic N) is 1. The Hall–Kier alpha value is -4.79. The van der Waals surface area contributed by atoms with E-state index in [0.29, 0.717) is 45.4 Å². The molecule has 0 fully saturated rings. The SMILES string of the molecule is COc1cc(Nc2cc(Oc3ccc(NC(=O)O)c4ccccc34)ccn2)cc(C(N)=O)c1. The van der Waals surface area contributed by atoms with Crippen molar-refractivity contribution in [3.8, 4) is 17.2 Å². The minimum Gasteiger partial charge on any atom is -0.497 e. The third kappa shape index (κ3) is 4.93. The van der Waals surface area contributed by atoms with E-state index in [1.807, 2.05) is 24.3 Å². The maximum atomic E-state index is 11.6. The second-order valence-corrected chi connectivity index (χ2v) is 7.01. The second kappa shape index (κ2) is 9.15. The average molecular weight is 444 g/mol. The number of pyridine rings is 1. The van der Waals surface area contributed by atoms with Crippen molar-refractivity contribution >= 4 is 40.0 Å². The number of nitrogens with one attached hydrogen (secondary N) is 2. The first-order chi connectivity index (χ1) is 15.9. The van der Waals surface area contributed by atoms with E-state index < -0.39 is 12.0 Å². The zero-order valence-electron chi connectivity index (χ0n) is 17.5. The van der Waals surface area contributed by atoms with Gasteiger partial charge in [-0.3, -0.25) is 10.1 Å². The Morgan fingerprint density at radius 1 is 0.970 bits per heavy atom. The molecule has 0 bridgehead atoms. The summed E-state index contributed by atoms with van der Waals surface area (Å²) >= 11 is 0. The number of anilines is 3. The van der Waals surface area contributed by atoms with Crippen molar-refractivity contribution in [3.05, 3.63) is 78.5 Å². The molecule has 1 aromatic heterocycles. The Balaban J connectivity index is 1.62. The van der Waals surface area contributed by atoms with Gasteiger partial charge in [-0.2, -0.15) is 0 Å². The summed E-state index contributed by atoms with van der Waals surface area (Å²) in [6.07, 6.45) is 0.436. The van der Waals surface area contributed by atoms with Gasteiger partial charge < -0.3 is 25.6 Å². The summed E-state index contributed by atoms with van der Waals surface area (Å²) < 4.78 is 11.3. The van der Waals surface area contributed by atoms with Gasteiger partial charge in [-0.05, 0) is 30.3 Å². The lowest BCUT2D eigenvalue weighted by atomic mass is 10.1. The third-order valence-electron chi connectivity index (χ3n) is 4.78. The summed E-state index contributed by atoms with van der Waals surface area (Å²) in [5, 5.41) is 16.0. The Labute approximate surface area is 188 Å². The molecule has 0 saturated heterocycles. The molecule has 0 spiro atoms. The number of amides is 2. The molecule has 0 saturated carbocycles. The molecule has 0 radical (unpaired) electrons. The van der Waals surface area contributed by atoms with E-state index in [1.54, 1.807) is 48.7 Å². The van der Waals surface area contributed by atoms with Gasteiger partial charge in [-0.15, -0.1) is 0 Å². The predicted octanol–water partition coefficient (Wildman–Crippen LogP) is 4.97. The lowest BCUT2D eigenvalue weighted by Crippen LogP contribution is -2.11. The molecule has 4 rings (SSSR count). The molecule has 2 amide bonds. The minimum absolute atomic E-state index is 0.297. The molecule has 3 aromatic carbocycles. The Kier molecular flexibility index (Phi) is 5.94. The molecule has 5 N–H and O–H groups in total. The molecular formula is C24H20N4O5. The number of nitrogens with two attached hydrogens (primary N) is 1. The smallest absolute Gasteiger partial charge is 0.409 e. The van der Waals surface area contributed by atoms with Crippen molar-refractivity contribution in [2.45, 2.75) is 0 Å². The molecule has 0 unspecified atom stereocenters. The lowest BCUT2D eigenvalue weighted by molar-refractivity contribution is 0.1000. The first-order valence-corrected chi connectivity index (χ1v) is 9.84. The van der Waals surface area contributed by atoms with Crippen LogP contribution in [0.2, 0.25) is 0 Å². The van der Waals surface area contributed by atoms with Crippen molar-refractivity contribution in [2.75, 3.05) is 17.7 Å². The van der Waals surface area contributed by atoms with Crippen LogP contribution in [0.5, 0.6) is 17.2 Å². The number of benzene rings is 3. The van der Waals surface area contributed by atoms with Gasteiger partial charge in [0.1, 0.15) is 23.1 Å². The van der Waals surface area contributed by atoms with E-state index >= 15 is 0 Å². The fourth-order valence-corrected chi connectivity index (χ4v) is 3.33. The summed E-state index contributed by atoms with van der Waals surface area (Å²) in [7, 11) is 1.50. The Morgan fingerprint density at radius 2 is 1.76 bits per heavy atom. The molecule has 166 valence electrons. The number of primary amides is 1. The fraction of sp³-hybridized carbons (Fsp3) is 0.0417. The first-order valence-electron chi connectivity index (χ1n) is 9.84. The largest absolute Gasteiger partial charge is 0.497 e. The molecule has 4 aromatic rings. The molecule has 33 heavy (non-hydrogen) atoms. The predicted molar refractivity (Wildman–Crippen MR) is 125 cm³/mol. The number of methoxy groups -OCH3 is 1. The van der Waals surface area contributed by atoms with E-state index in [1.165, 1.54) is 7.11 Å². The monoisotopic (exact) mass is 444 g/mol. The number of carbonyl (C=O) groups is 2. The van der Waals surface area contributed by atoms with Crippen LogP contribution in [0.4, 0.5) is 22.0 Å². The van der Waals surface area contributed by atoms with Crippen LogP contribution in [0.25, 0.3) is 10.8 Å². The number of rotatable bonds is 7. The van der Waals surface area contributed by atoms with E-state index in [4.69, 9.17) is 20.3 Å². The van der Waals surface area contributed by atoms with Gasteiger partial charge in [-0.1, -0.05) is 24.3 Å². The lowest BCUT2D eigenvalue weighted by Gasteiger charge is -2.13. The van der Waals surface area contributed by atoms with E-state index in [9.17, 15) is 9.59 Å². The van der Waals surface area contributed by atoms with Gasteiger partial charge in [0, 0.05) is 40.4 Å². The molecule has 9 nitrogen and oxygen atoms in total. The molecular weight excluding hydrogens is 424 g/mol. The summed E-state index contributed by atoms with van der Waals surface area (Å²) in [5.41, 5.74) is 6.73. The van der Waals surface area contributed by atoms with Gasteiger partial charge in [0.2, 0.25) is 5.91 Å². The molecule has 0 aliphatic rings. The van der Waals surface area contributed by atoms with Crippen molar-refractivity contribution in [3.63, 3.8) is 0 Å². The standard InChI is InChI=1S/C24H20N4O5/c1-32-17-11-14(23(25)29)10-15(12-17)27-22-13-16(8-9-26-22)33-21-7-6-20(28-24(30)31)18-4-2-3-5-19(18)21/h2-13,28H,1H3,(H2,25,29)(H,26,27)(H,30,31). The second-order valence-electron chi connectivity index (χ2n) is 7.01. The van der Waals surface area contributed by atoms with Gasteiger partial charge >= 0.3 is 6.09 Å². The van der Waals surface area contributed by atoms with Crippen LogP contribution in [-0.2, 0) is 0 Å². The van der Waals surface area contributed by atoms with Crippen LogP contribution >= 0.6 is 0 Å². The third-order valence-corrected chi connectivity index (χ3v) is 4.78. The summed E-state index contributed by atoms with van der Waals surface area (Å²) in [5.74, 6) is 1.44. The average Bonchev–Trinajstić information content (AvgIpc) is 2.80. The minimum atomic E-state index is -1.14. The Bertz CT molecular complexity index is 1360. The fourth-order valence-electron chi connectivity index (χ4n) is 3.33. The van der Waals surface area contributed by atoms with E-state index in [0.717, 1.165) is 5.39 Å². The first kappa shape index (κ1) is 21.4. The zero-order valence-corrected chi connectivity index (χ0v) is 17.5. The number of carbonyl (C=O) groups excluding carboxylic acids is 1. The van der Waals surface area contributed by atoms with Crippen LogP contribution in [0.15, 0.2) is 72.9 Å². The highest BCUT2D eigenvalue weighted by Gasteiger charge is 2.11. The molecule has 9 heteroatoms. The van der Waals surface area contributed by atoms with Gasteiger partial charge in [0.25, 0.3) is 0 Å². The molecule has 1 heterocycles.